The van der Waals surface area contributed by atoms with Crippen LogP contribution in [0, 0.1) is 5.82 Å². The van der Waals surface area contributed by atoms with E-state index in [-0.39, 0.29) is 0 Å². The second-order valence-electron chi connectivity index (χ2n) is 5.20. The summed E-state index contributed by atoms with van der Waals surface area (Å²) in [6.07, 6.45) is 2.21. The fourth-order valence-electron chi connectivity index (χ4n) is 1.86. The second-order valence-corrected chi connectivity index (χ2v) is 5.61. The Morgan fingerprint density at radius 2 is 1.92 bits per heavy atom. The van der Waals surface area contributed by atoms with Gasteiger partial charge in [0.05, 0.1) is 17.8 Å². The zero-order valence-corrected chi connectivity index (χ0v) is 14.7. The van der Waals surface area contributed by atoms with Crippen molar-refractivity contribution in [2.24, 2.45) is 5.10 Å². The van der Waals surface area contributed by atoms with Crippen LogP contribution in [0.2, 0.25) is 5.02 Å². The Labute approximate surface area is 155 Å². The molecule has 2 rings (SSSR count). The molecule has 136 valence electrons. The monoisotopic (exact) mass is 377 g/mol. The van der Waals surface area contributed by atoms with Crippen molar-refractivity contribution in [1.29, 1.82) is 0 Å². The molecule has 0 radical (unpaired) electrons. The molecular weight excluding hydrogens is 361 g/mol. The molecule has 2 amide bonds. The number of halogens is 2. The van der Waals surface area contributed by atoms with E-state index in [9.17, 15) is 14.0 Å². The molecule has 2 N–H and O–H groups in total. The van der Waals surface area contributed by atoms with Gasteiger partial charge < -0.3 is 10.1 Å². The Morgan fingerprint density at radius 3 is 2.58 bits per heavy atom. The first-order valence-electron chi connectivity index (χ1n) is 7.82. The summed E-state index contributed by atoms with van der Waals surface area (Å²) >= 11 is 6.09. The van der Waals surface area contributed by atoms with Crippen LogP contribution >= 0.6 is 11.6 Å². The van der Waals surface area contributed by atoms with E-state index in [4.69, 9.17) is 16.3 Å². The number of hydrazone groups is 1. The lowest BCUT2D eigenvalue weighted by molar-refractivity contribution is -0.136. The van der Waals surface area contributed by atoms with E-state index < -0.39 is 17.6 Å². The maximum absolute atomic E-state index is 12.8. The van der Waals surface area contributed by atoms with Gasteiger partial charge in [0, 0.05) is 5.69 Å². The van der Waals surface area contributed by atoms with Gasteiger partial charge in [0.1, 0.15) is 11.6 Å². The van der Waals surface area contributed by atoms with Gasteiger partial charge in [-0.2, -0.15) is 5.10 Å². The summed E-state index contributed by atoms with van der Waals surface area (Å²) in [5.74, 6) is -1.76. The van der Waals surface area contributed by atoms with E-state index >= 15 is 0 Å². The number of carbonyl (C=O) groups excluding carboxylic acids is 2. The molecule has 6 nitrogen and oxygen atoms in total. The highest BCUT2D eigenvalue weighted by molar-refractivity contribution is 6.39. The van der Waals surface area contributed by atoms with Gasteiger partial charge in [-0.15, -0.1) is 0 Å². The van der Waals surface area contributed by atoms with E-state index in [0.717, 1.165) is 6.42 Å². The Balaban J connectivity index is 1.88. The second kappa shape index (κ2) is 9.53. The van der Waals surface area contributed by atoms with E-state index in [1.807, 2.05) is 6.92 Å². The maximum atomic E-state index is 12.8. The average molecular weight is 378 g/mol. The van der Waals surface area contributed by atoms with Gasteiger partial charge in [-0.1, -0.05) is 18.5 Å². The highest BCUT2D eigenvalue weighted by atomic mass is 35.5. The third-order valence-corrected chi connectivity index (χ3v) is 3.40. The quantitative estimate of drug-likeness (QED) is 0.460. The van der Waals surface area contributed by atoms with Gasteiger partial charge in [0.15, 0.2) is 0 Å². The molecule has 0 atom stereocenters. The number of rotatable bonds is 6. The molecular formula is C18H17ClFN3O3. The number of nitrogens with one attached hydrogen (secondary N) is 2. The van der Waals surface area contributed by atoms with Crippen LogP contribution in [0.15, 0.2) is 47.6 Å². The molecule has 2 aromatic rings. The number of benzene rings is 2. The first-order valence-corrected chi connectivity index (χ1v) is 8.19. The summed E-state index contributed by atoms with van der Waals surface area (Å²) in [6, 6.07) is 10.1. The van der Waals surface area contributed by atoms with E-state index in [1.54, 1.807) is 18.2 Å². The highest BCUT2D eigenvalue weighted by Crippen LogP contribution is 2.25. The Bertz CT molecular complexity index is 810. The Hall–Kier alpha value is -2.93. The fourth-order valence-corrected chi connectivity index (χ4v) is 2.11. The van der Waals surface area contributed by atoms with Crippen LogP contribution in [0.3, 0.4) is 0 Å². The van der Waals surface area contributed by atoms with Crippen LogP contribution in [-0.4, -0.2) is 24.6 Å². The molecule has 0 aromatic heterocycles. The van der Waals surface area contributed by atoms with E-state index in [1.165, 1.54) is 30.5 Å². The van der Waals surface area contributed by atoms with Crippen LogP contribution in [0.4, 0.5) is 10.1 Å². The smallest absolute Gasteiger partial charge is 0.329 e. The number of hydrogen-bond acceptors (Lipinski definition) is 4. The molecule has 0 unspecified atom stereocenters. The van der Waals surface area contributed by atoms with Gasteiger partial charge in [0.25, 0.3) is 0 Å². The van der Waals surface area contributed by atoms with Crippen LogP contribution < -0.4 is 15.5 Å². The van der Waals surface area contributed by atoms with Crippen molar-refractivity contribution in [2.75, 3.05) is 11.9 Å². The maximum Gasteiger partial charge on any atom is 0.329 e. The van der Waals surface area contributed by atoms with Gasteiger partial charge in [-0.05, 0) is 54.4 Å². The lowest BCUT2D eigenvalue weighted by atomic mass is 10.2. The van der Waals surface area contributed by atoms with Crippen molar-refractivity contribution in [3.63, 3.8) is 0 Å². The number of hydrogen-bond donors (Lipinski definition) is 2. The lowest BCUT2D eigenvalue weighted by Crippen LogP contribution is -2.32. The predicted molar refractivity (Wildman–Crippen MR) is 98.0 cm³/mol. The van der Waals surface area contributed by atoms with Gasteiger partial charge >= 0.3 is 11.8 Å². The average Bonchev–Trinajstić information content (AvgIpc) is 2.62. The van der Waals surface area contributed by atoms with Crippen LogP contribution in [-0.2, 0) is 9.59 Å². The molecule has 0 heterocycles. The van der Waals surface area contributed by atoms with Crippen molar-refractivity contribution < 1.29 is 18.7 Å². The van der Waals surface area contributed by atoms with Crippen molar-refractivity contribution >= 4 is 35.3 Å². The number of nitrogens with zero attached hydrogens (tertiary/aromatic N) is 1. The number of anilines is 1. The minimum Gasteiger partial charge on any atom is -0.492 e. The molecule has 0 aliphatic heterocycles. The zero-order valence-electron chi connectivity index (χ0n) is 14.0. The summed E-state index contributed by atoms with van der Waals surface area (Å²) in [5.41, 5.74) is 3.02. The molecule has 0 saturated carbocycles. The van der Waals surface area contributed by atoms with Crippen molar-refractivity contribution in [1.82, 2.24) is 5.43 Å². The Kier molecular flexibility index (Phi) is 7.11. The van der Waals surface area contributed by atoms with Crippen molar-refractivity contribution in [3.05, 3.63) is 58.9 Å². The topological polar surface area (TPSA) is 79.8 Å². The lowest BCUT2D eigenvalue weighted by Gasteiger charge is -2.07. The summed E-state index contributed by atoms with van der Waals surface area (Å²) in [6.45, 7) is 2.55. The molecule has 8 heteroatoms. The molecule has 0 aliphatic carbocycles. The molecule has 0 aliphatic rings. The molecule has 2 aromatic carbocycles. The summed E-state index contributed by atoms with van der Waals surface area (Å²) in [7, 11) is 0. The van der Waals surface area contributed by atoms with E-state index in [0.29, 0.717) is 28.6 Å². The predicted octanol–water partition coefficient (Wildman–Crippen LogP) is 3.36. The largest absolute Gasteiger partial charge is 0.492 e. The third kappa shape index (κ3) is 5.86. The van der Waals surface area contributed by atoms with Gasteiger partial charge in [-0.3, -0.25) is 9.59 Å². The SMILES string of the molecule is CCCOc1ccc(/C=N\NC(=O)C(=O)Nc2ccc(F)cc2)cc1Cl. The number of carbonyl (C=O) groups is 2. The normalized spacial score (nSPS) is 10.6. The Morgan fingerprint density at radius 1 is 1.19 bits per heavy atom. The van der Waals surface area contributed by atoms with Gasteiger partial charge in [0.2, 0.25) is 0 Å². The van der Waals surface area contributed by atoms with Crippen LogP contribution in [0.25, 0.3) is 0 Å². The summed E-state index contributed by atoms with van der Waals surface area (Å²) in [4.78, 5) is 23.4. The molecule has 0 fully saturated rings. The minimum absolute atomic E-state index is 0.296. The fraction of sp³-hybridized carbons (Fsp3) is 0.167. The van der Waals surface area contributed by atoms with Crippen LogP contribution in [0.5, 0.6) is 5.75 Å². The highest BCUT2D eigenvalue weighted by Gasteiger charge is 2.12. The third-order valence-electron chi connectivity index (χ3n) is 3.11. The van der Waals surface area contributed by atoms with Gasteiger partial charge in [-0.25, -0.2) is 9.82 Å². The molecule has 0 bridgehead atoms. The zero-order chi connectivity index (χ0) is 18.9. The summed E-state index contributed by atoms with van der Waals surface area (Å²) in [5, 5.41) is 6.45. The molecule has 26 heavy (non-hydrogen) atoms. The first kappa shape index (κ1) is 19.4. The molecule has 0 saturated heterocycles. The first-order chi connectivity index (χ1) is 12.5. The van der Waals surface area contributed by atoms with Crippen molar-refractivity contribution in [2.45, 2.75) is 13.3 Å². The molecule has 0 spiro atoms. The van der Waals surface area contributed by atoms with Crippen molar-refractivity contribution in [3.8, 4) is 5.75 Å². The van der Waals surface area contributed by atoms with Crippen LogP contribution in [0.1, 0.15) is 18.9 Å². The van der Waals surface area contributed by atoms with E-state index in [2.05, 4.69) is 15.8 Å². The standard InChI is InChI=1S/C18H17ClFN3O3/c1-2-9-26-16-8-3-12(10-15(16)19)11-21-23-18(25)17(24)22-14-6-4-13(20)5-7-14/h3-8,10-11H,2,9H2,1H3,(H,22,24)(H,23,25)/b21-11-. The number of amides is 2. The number of ether oxygens (including phenoxy) is 1. The minimum atomic E-state index is -0.959. The summed E-state index contributed by atoms with van der Waals surface area (Å²) < 4.78 is 18.3.